The second-order valence-electron chi connectivity index (χ2n) is 4.05. The summed E-state index contributed by atoms with van der Waals surface area (Å²) in [6.45, 7) is 0. The molecule has 3 aromatic heterocycles. The summed E-state index contributed by atoms with van der Waals surface area (Å²) in [5.41, 5.74) is 2.17. The average Bonchev–Trinajstić information content (AvgIpc) is 2.47. The molecule has 0 aliphatic heterocycles. The number of hydrogen-bond donors (Lipinski definition) is 1. The third-order valence-electron chi connectivity index (χ3n) is 2.68. The molecule has 0 saturated heterocycles. The van der Waals surface area contributed by atoms with Crippen LogP contribution in [-0.2, 0) is 0 Å². The number of aromatic nitrogens is 3. The van der Waals surface area contributed by atoms with E-state index in [2.05, 4.69) is 20.3 Å². The molecule has 0 fully saturated rings. The van der Waals surface area contributed by atoms with Crippen LogP contribution in [0.5, 0.6) is 0 Å². The summed E-state index contributed by atoms with van der Waals surface area (Å²) < 4.78 is 0. The van der Waals surface area contributed by atoms with Crippen molar-refractivity contribution in [2.75, 3.05) is 5.32 Å². The molecular formula is C13H9N5O2. The van der Waals surface area contributed by atoms with Crippen LogP contribution in [0.4, 0.5) is 17.2 Å². The monoisotopic (exact) mass is 267 g/mol. The number of hydrogen-bond acceptors (Lipinski definition) is 6. The highest BCUT2D eigenvalue weighted by Gasteiger charge is 2.07. The highest BCUT2D eigenvalue weighted by atomic mass is 16.6. The van der Waals surface area contributed by atoms with Gasteiger partial charge in [-0.25, -0.2) is 4.98 Å². The van der Waals surface area contributed by atoms with E-state index in [0.29, 0.717) is 11.5 Å². The SMILES string of the molecule is O=[N+]([O-])c1ccnc(Nc2cnc3cccnc3c2)c1. The molecule has 0 saturated carbocycles. The fourth-order valence-corrected chi connectivity index (χ4v) is 1.77. The number of rotatable bonds is 3. The first-order chi connectivity index (χ1) is 9.72. The fourth-order valence-electron chi connectivity index (χ4n) is 1.77. The maximum atomic E-state index is 10.7. The predicted molar refractivity (Wildman–Crippen MR) is 73.7 cm³/mol. The maximum Gasteiger partial charge on any atom is 0.274 e. The summed E-state index contributed by atoms with van der Waals surface area (Å²) >= 11 is 0. The Balaban J connectivity index is 1.92. The van der Waals surface area contributed by atoms with Crippen LogP contribution in [0.3, 0.4) is 0 Å². The lowest BCUT2D eigenvalue weighted by Crippen LogP contribution is -1.96. The smallest absolute Gasteiger partial charge is 0.274 e. The van der Waals surface area contributed by atoms with Crippen LogP contribution in [0.2, 0.25) is 0 Å². The van der Waals surface area contributed by atoms with E-state index in [-0.39, 0.29) is 5.69 Å². The van der Waals surface area contributed by atoms with Crippen molar-refractivity contribution < 1.29 is 4.92 Å². The van der Waals surface area contributed by atoms with Gasteiger partial charge < -0.3 is 5.32 Å². The van der Waals surface area contributed by atoms with Gasteiger partial charge in [0.15, 0.2) is 0 Å². The van der Waals surface area contributed by atoms with Crippen LogP contribution in [0.1, 0.15) is 0 Å². The topological polar surface area (TPSA) is 93.8 Å². The van der Waals surface area contributed by atoms with Crippen molar-refractivity contribution in [3.8, 4) is 0 Å². The summed E-state index contributed by atoms with van der Waals surface area (Å²) in [7, 11) is 0. The van der Waals surface area contributed by atoms with Crippen LogP contribution in [0, 0.1) is 10.1 Å². The summed E-state index contributed by atoms with van der Waals surface area (Å²) in [4.78, 5) is 22.7. The third-order valence-corrected chi connectivity index (χ3v) is 2.68. The summed E-state index contributed by atoms with van der Waals surface area (Å²) in [5, 5.41) is 13.7. The Morgan fingerprint density at radius 1 is 1.05 bits per heavy atom. The number of nitrogens with one attached hydrogen (secondary N) is 1. The molecule has 0 aliphatic rings. The zero-order valence-electron chi connectivity index (χ0n) is 10.2. The number of anilines is 2. The van der Waals surface area contributed by atoms with Crippen molar-refractivity contribution in [2.45, 2.75) is 0 Å². The Hall–Kier alpha value is -3.09. The summed E-state index contributed by atoms with van der Waals surface area (Å²) in [6, 6.07) is 8.18. The molecule has 20 heavy (non-hydrogen) atoms. The highest BCUT2D eigenvalue weighted by molar-refractivity contribution is 5.78. The van der Waals surface area contributed by atoms with Crippen molar-refractivity contribution in [3.05, 3.63) is 59.0 Å². The van der Waals surface area contributed by atoms with E-state index in [1.807, 2.05) is 18.2 Å². The molecule has 0 aromatic carbocycles. The van der Waals surface area contributed by atoms with Crippen molar-refractivity contribution >= 4 is 28.2 Å². The van der Waals surface area contributed by atoms with E-state index in [9.17, 15) is 10.1 Å². The molecule has 0 amide bonds. The minimum Gasteiger partial charge on any atom is -0.339 e. The molecule has 3 heterocycles. The van der Waals surface area contributed by atoms with Gasteiger partial charge in [0.2, 0.25) is 0 Å². The zero-order valence-corrected chi connectivity index (χ0v) is 10.2. The van der Waals surface area contributed by atoms with Gasteiger partial charge in [0.25, 0.3) is 5.69 Å². The van der Waals surface area contributed by atoms with Crippen LogP contribution in [0.25, 0.3) is 11.0 Å². The van der Waals surface area contributed by atoms with Crippen molar-refractivity contribution in [1.82, 2.24) is 15.0 Å². The van der Waals surface area contributed by atoms with E-state index < -0.39 is 4.92 Å². The van der Waals surface area contributed by atoms with Gasteiger partial charge in [-0.2, -0.15) is 0 Å². The fraction of sp³-hybridized carbons (Fsp3) is 0. The Morgan fingerprint density at radius 2 is 1.95 bits per heavy atom. The molecule has 1 N–H and O–H groups in total. The van der Waals surface area contributed by atoms with Crippen LogP contribution < -0.4 is 5.32 Å². The molecule has 7 nitrogen and oxygen atoms in total. The normalized spacial score (nSPS) is 10.4. The summed E-state index contributed by atoms with van der Waals surface area (Å²) in [5.74, 6) is 0.385. The molecule has 0 bridgehead atoms. The first-order valence-corrected chi connectivity index (χ1v) is 5.80. The molecule has 3 aromatic rings. The Morgan fingerprint density at radius 3 is 2.80 bits per heavy atom. The molecule has 0 unspecified atom stereocenters. The first kappa shape index (κ1) is 12.0. The van der Waals surface area contributed by atoms with Crippen LogP contribution in [0.15, 0.2) is 48.9 Å². The minimum atomic E-state index is -0.465. The molecule has 98 valence electrons. The predicted octanol–water partition coefficient (Wildman–Crippen LogP) is 2.68. The van der Waals surface area contributed by atoms with E-state index in [0.717, 1.165) is 11.0 Å². The van der Waals surface area contributed by atoms with Gasteiger partial charge in [0.1, 0.15) is 5.82 Å². The minimum absolute atomic E-state index is 0.0191. The van der Waals surface area contributed by atoms with Crippen molar-refractivity contribution in [2.24, 2.45) is 0 Å². The largest absolute Gasteiger partial charge is 0.339 e. The average molecular weight is 267 g/mol. The van der Waals surface area contributed by atoms with Gasteiger partial charge in [0, 0.05) is 18.5 Å². The number of pyridine rings is 3. The van der Waals surface area contributed by atoms with Crippen LogP contribution in [-0.4, -0.2) is 19.9 Å². The van der Waals surface area contributed by atoms with Crippen LogP contribution >= 0.6 is 0 Å². The standard InChI is InChI=1S/C13H9N5O2/c19-18(20)10-3-5-15-13(7-10)17-9-6-12-11(16-8-9)2-1-4-14-12/h1-8H,(H,15,17). The van der Waals surface area contributed by atoms with E-state index in [4.69, 9.17) is 0 Å². The first-order valence-electron chi connectivity index (χ1n) is 5.80. The second kappa shape index (κ2) is 4.88. The molecule has 3 rings (SSSR count). The number of nitro groups is 1. The van der Waals surface area contributed by atoms with E-state index in [1.54, 1.807) is 12.4 Å². The van der Waals surface area contributed by atoms with Crippen molar-refractivity contribution in [1.29, 1.82) is 0 Å². The van der Waals surface area contributed by atoms with Gasteiger partial charge in [-0.15, -0.1) is 0 Å². The van der Waals surface area contributed by atoms with E-state index in [1.165, 1.54) is 18.3 Å². The molecular weight excluding hydrogens is 258 g/mol. The Labute approximate surface area is 113 Å². The van der Waals surface area contributed by atoms with Gasteiger partial charge in [-0.3, -0.25) is 20.1 Å². The van der Waals surface area contributed by atoms with Gasteiger partial charge >= 0.3 is 0 Å². The second-order valence-corrected chi connectivity index (χ2v) is 4.05. The third kappa shape index (κ3) is 2.37. The lowest BCUT2D eigenvalue weighted by molar-refractivity contribution is -0.384. The molecule has 7 heteroatoms. The summed E-state index contributed by atoms with van der Waals surface area (Å²) in [6.07, 6.45) is 4.69. The molecule has 0 atom stereocenters. The quantitative estimate of drug-likeness (QED) is 0.579. The lowest BCUT2D eigenvalue weighted by atomic mass is 10.3. The Kier molecular flexibility index (Phi) is 2.92. The van der Waals surface area contributed by atoms with Gasteiger partial charge in [0.05, 0.1) is 33.9 Å². The molecule has 0 aliphatic carbocycles. The Bertz CT molecular complexity index is 790. The maximum absolute atomic E-state index is 10.7. The molecule has 0 spiro atoms. The van der Waals surface area contributed by atoms with Gasteiger partial charge in [-0.1, -0.05) is 0 Å². The van der Waals surface area contributed by atoms with Gasteiger partial charge in [-0.05, 0) is 18.2 Å². The van der Waals surface area contributed by atoms with E-state index >= 15 is 0 Å². The number of nitrogens with zero attached hydrogens (tertiary/aromatic N) is 4. The molecule has 0 radical (unpaired) electrons. The lowest BCUT2D eigenvalue weighted by Gasteiger charge is -2.05. The van der Waals surface area contributed by atoms with Crippen molar-refractivity contribution in [3.63, 3.8) is 0 Å². The highest BCUT2D eigenvalue weighted by Crippen LogP contribution is 2.20. The zero-order chi connectivity index (χ0) is 13.9. The number of fused-ring (bicyclic) bond motifs is 1.